The molecule has 3 rings (SSSR count). The van der Waals surface area contributed by atoms with Crippen LogP contribution in [-0.4, -0.2) is 27.0 Å². The van der Waals surface area contributed by atoms with Gasteiger partial charge >= 0.3 is 0 Å². The molecule has 0 aliphatic carbocycles. The van der Waals surface area contributed by atoms with E-state index in [-0.39, 0.29) is 0 Å². The zero-order chi connectivity index (χ0) is 13.8. The van der Waals surface area contributed by atoms with Gasteiger partial charge in [-0.15, -0.1) is 5.10 Å². The van der Waals surface area contributed by atoms with E-state index in [2.05, 4.69) is 26.7 Å². The smallest absolute Gasteiger partial charge is 0.0959 e. The van der Waals surface area contributed by atoms with Crippen molar-refractivity contribution in [3.8, 4) is 16.9 Å². The molecule has 100 valence electrons. The van der Waals surface area contributed by atoms with Crippen molar-refractivity contribution in [3.05, 3.63) is 60.6 Å². The maximum Gasteiger partial charge on any atom is 0.0959 e. The predicted octanol–water partition coefficient (Wildman–Crippen LogP) is 2.05. The summed E-state index contributed by atoms with van der Waals surface area (Å²) in [5.74, 6) is 0. The Balaban J connectivity index is 2.04. The lowest BCUT2D eigenvalue weighted by atomic mass is 10.1. The van der Waals surface area contributed by atoms with E-state index < -0.39 is 0 Å². The van der Waals surface area contributed by atoms with Gasteiger partial charge in [0.2, 0.25) is 0 Å². The molecule has 20 heavy (non-hydrogen) atoms. The molecule has 1 aromatic carbocycles. The second-order valence-corrected chi connectivity index (χ2v) is 4.48. The zero-order valence-corrected chi connectivity index (χ0v) is 11.2. The molecule has 1 N–H and O–H groups in total. The Kier molecular flexibility index (Phi) is 3.52. The molecule has 0 fully saturated rings. The van der Waals surface area contributed by atoms with Crippen LogP contribution in [0.1, 0.15) is 5.56 Å². The van der Waals surface area contributed by atoms with Crippen molar-refractivity contribution < 1.29 is 0 Å². The number of aromatic nitrogens is 4. The molecule has 2 aromatic heterocycles. The predicted molar refractivity (Wildman–Crippen MR) is 77.4 cm³/mol. The van der Waals surface area contributed by atoms with Gasteiger partial charge in [-0.1, -0.05) is 23.4 Å². The lowest BCUT2D eigenvalue weighted by Gasteiger charge is -2.07. The van der Waals surface area contributed by atoms with E-state index in [1.807, 2.05) is 54.5 Å². The zero-order valence-electron chi connectivity index (χ0n) is 11.2. The van der Waals surface area contributed by atoms with Gasteiger partial charge in [-0.3, -0.25) is 4.98 Å². The Hall–Kier alpha value is -2.53. The topological polar surface area (TPSA) is 55.6 Å². The minimum absolute atomic E-state index is 0.785. The molecular weight excluding hydrogens is 250 g/mol. The molecule has 0 unspecified atom stereocenters. The number of hydrogen-bond donors (Lipinski definition) is 1. The van der Waals surface area contributed by atoms with Gasteiger partial charge in [0.1, 0.15) is 0 Å². The standard InChI is InChI=1S/C15H15N5/c1-16-8-12-7-13(10-17-9-12)15-11-18-19-20(15)14-5-3-2-4-6-14/h2-7,9-11,16H,8H2,1H3. The van der Waals surface area contributed by atoms with Gasteiger partial charge in [0.15, 0.2) is 0 Å². The second-order valence-electron chi connectivity index (χ2n) is 4.48. The Morgan fingerprint density at radius 3 is 2.75 bits per heavy atom. The lowest BCUT2D eigenvalue weighted by molar-refractivity contribution is 0.804. The fourth-order valence-electron chi connectivity index (χ4n) is 2.12. The average Bonchev–Trinajstić information content (AvgIpc) is 2.98. The average molecular weight is 265 g/mol. The van der Waals surface area contributed by atoms with Gasteiger partial charge in [-0.05, 0) is 30.8 Å². The Labute approximate surface area is 117 Å². The van der Waals surface area contributed by atoms with Crippen LogP contribution in [-0.2, 0) is 6.54 Å². The highest BCUT2D eigenvalue weighted by Crippen LogP contribution is 2.21. The molecule has 0 bridgehead atoms. The van der Waals surface area contributed by atoms with Gasteiger partial charge in [-0.25, -0.2) is 4.68 Å². The number of nitrogens with zero attached hydrogens (tertiary/aromatic N) is 4. The van der Waals surface area contributed by atoms with Crippen LogP contribution in [0.25, 0.3) is 16.9 Å². The second kappa shape index (κ2) is 5.63. The molecule has 0 aliphatic heterocycles. The van der Waals surface area contributed by atoms with E-state index in [0.29, 0.717) is 0 Å². The Morgan fingerprint density at radius 2 is 1.95 bits per heavy atom. The summed E-state index contributed by atoms with van der Waals surface area (Å²) >= 11 is 0. The Morgan fingerprint density at radius 1 is 1.10 bits per heavy atom. The van der Waals surface area contributed by atoms with E-state index in [0.717, 1.165) is 29.1 Å². The largest absolute Gasteiger partial charge is 0.316 e. The minimum Gasteiger partial charge on any atom is -0.316 e. The van der Waals surface area contributed by atoms with Crippen molar-refractivity contribution in [3.63, 3.8) is 0 Å². The van der Waals surface area contributed by atoms with Gasteiger partial charge in [0.05, 0.1) is 17.6 Å². The maximum atomic E-state index is 4.29. The molecule has 0 radical (unpaired) electrons. The van der Waals surface area contributed by atoms with Crippen LogP contribution in [0.3, 0.4) is 0 Å². The summed E-state index contributed by atoms with van der Waals surface area (Å²) in [6, 6.07) is 12.1. The summed E-state index contributed by atoms with van der Waals surface area (Å²) in [6.07, 6.45) is 5.45. The molecule has 0 atom stereocenters. The molecule has 0 spiro atoms. The van der Waals surface area contributed by atoms with Crippen LogP contribution in [0.5, 0.6) is 0 Å². The van der Waals surface area contributed by atoms with E-state index in [1.165, 1.54) is 0 Å². The normalized spacial score (nSPS) is 10.7. The van der Waals surface area contributed by atoms with Crippen molar-refractivity contribution >= 4 is 0 Å². The van der Waals surface area contributed by atoms with Gasteiger partial charge < -0.3 is 5.32 Å². The third-order valence-electron chi connectivity index (χ3n) is 3.02. The molecule has 0 amide bonds. The van der Waals surface area contributed by atoms with Crippen LogP contribution in [0.4, 0.5) is 0 Å². The summed E-state index contributed by atoms with van der Waals surface area (Å²) < 4.78 is 1.82. The van der Waals surface area contributed by atoms with E-state index in [9.17, 15) is 0 Å². The Bertz CT molecular complexity index is 690. The SMILES string of the molecule is CNCc1cncc(-c2cnnn2-c2ccccc2)c1. The third kappa shape index (κ3) is 2.44. The molecule has 2 heterocycles. The van der Waals surface area contributed by atoms with Gasteiger partial charge in [0, 0.05) is 24.5 Å². The quantitative estimate of drug-likeness (QED) is 0.784. The molecule has 0 aliphatic rings. The number of para-hydroxylation sites is 1. The first-order valence-corrected chi connectivity index (χ1v) is 6.43. The van der Waals surface area contributed by atoms with Crippen molar-refractivity contribution in [2.75, 3.05) is 7.05 Å². The van der Waals surface area contributed by atoms with Crippen molar-refractivity contribution in [1.29, 1.82) is 0 Å². The summed E-state index contributed by atoms with van der Waals surface area (Å²) in [7, 11) is 1.92. The highest BCUT2D eigenvalue weighted by molar-refractivity contribution is 5.60. The molecule has 0 saturated heterocycles. The first kappa shape index (κ1) is 12.5. The summed E-state index contributed by atoms with van der Waals surface area (Å²) in [5.41, 5.74) is 4.05. The fourth-order valence-corrected chi connectivity index (χ4v) is 2.12. The maximum absolute atomic E-state index is 4.29. The lowest BCUT2D eigenvalue weighted by Crippen LogP contribution is -2.06. The summed E-state index contributed by atoms with van der Waals surface area (Å²) in [6.45, 7) is 0.785. The number of nitrogens with one attached hydrogen (secondary N) is 1. The van der Waals surface area contributed by atoms with Crippen LogP contribution < -0.4 is 5.32 Å². The number of pyridine rings is 1. The van der Waals surface area contributed by atoms with Crippen LogP contribution in [0.2, 0.25) is 0 Å². The molecule has 5 heteroatoms. The molecule has 0 saturated carbocycles. The number of hydrogen-bond acceptors (Lipinski definition) is 4. The molecule has 5 nitrogen and oxygen atoms in total. The highest BCUT2D eigenvalue weighted by Gasteiger charge is 2.09. The van der Waals surface area contributed by atoms with Crippen LogP contribution in [0.15, 0.2) is 55.0 Å². The third-order valence-corrected chi connectivity index (χ3v) is 3.02. The first-order chi connectivity index (χ1) is 9.88. The number of benzene rings is 1. The fraction of sp³-hybridized carbons (Fsp3) is 0.133. The monoisotopic (exact) mass is 265 g/mol. The molecule has 3 aromatic rings. The van der Waals surface area contributed by atoms with E-state index in [1.54, 1.807) is 6.20 Å². The minimum atomic E-state index is 0.785. The highest BCUT2D eigenvalue weighted by atomic mass is 15.4. The number of rotatable bonds is 4. The van der Waals surface area contributed by atoms with Crippen LogP contribution in [0, 0.1) is 0 Å². The van der Waals surface area contributed by atoms with Gasteiger partial charge in [-0.2, -0.15) is 0 Å². The van der Waals surface area contributed by atoms with Crippen molar-refractivity contribution in [1.82, 2.24) is 25.3 Å². The van der Waals surface area contributed by atoms with Crippen molar-refractivity contribution in [2.45, 2.75) is 6.54 Å². The van der Waals surface area contributed by atoms with Crippen LogP contribution >= 0.6 is 0 Å². The van der Waals surface area contributed by atoms with Crippen molar-refractivity contribution in [2.24, 2.45) is 0 Å². The summed E-state index contributed by atoms with van der Waals surface area (Å²) in [5, 5.41) is 11.3. The van der Waals surface area contributed by atoms with Gasteiger partial charge in [0.25, 0.3) is 0 Å². The van der Waals surface area contributed by atoms with E-state index >= 15 is 0 Å². The first-order valence-electron chi connectivity index (χ1n) is 6.43. The van der Waals surface area contributed by atoms with E-state index in [4.69, 9.17) is 0 Å². The molecular formula is C15H15N5. The summed E-state index contributed by atoms with van der Waals surface area (Å²) in [4.78, 5) is 4.29.